The Balaban J connectivity index is 1.70. The van der Waals surface area contributed by atoms with Crippen LogP contribution >= 0.6 is 0 Å². The molecule has 8 nitrogen and oxygen atoms in total. The van der Waals surface area contributed by atoms with Crippen LogP contribution < -0.4 is 16.0 Å². The summed E-state index contributed by atoms with van der Waals surface area (Å²) in [6.45, 7) is 0.657. The van der Waals surface area contributed by atoms with Gasteiger partial charge in [0.15, 0.2) is 5.82 Å². The third-order valence-corrected chi connectivity index (χ3v) is 3.60. The second kappa shape index (κ2) is 6.91. The first kappa shape index (κ1) is 15.0. The highest BCUT2D eigenvalue weighted by molar-refractivity contribution is 5.94. The van der Waals surface area contributed by atoms with Gasteiger partial charge in [-0.3, -0.25) is 4.79 Å². The van der Waals surface area contributed by atoms with Crippen molar-refractivity contribution in [3.8, 4) is 5.82 Å². The zero-order valence-corrected chi connectivity index (χ0v) is 12.5. The van der Waals surface area contributed by atoms with Crippen molar-refractivity contribution in [3.05, 3.63) is 36.8 Å². The fourth-order valence-corrected chi connectivity index (χ4v) is 2.46. The predicted octanol–water partition coefficient (Wildman–Crippen LogP) is 1.06. The number of hydrogen-bond donors (Lipinski definition) is 3. The number of carbonyl (C=O) groups is 2. The maximum absolute atomic E-state index is 12.2. The molecule has 3 amide bonds. The number of aromatic nitrogens is 3. The van der Waals surface area contributed by atoms with Gasteiger partial charge in [-0.25, -0.2) is 14.5 Å². The molecule has 1 fully saturated rings. The maximum Gasteiger partial charge on any atom is 0.319 e. The van der Waals surface area contributed by atoms with Crippen molar-refractivity contribution in [2.45, 2.75) is 25.3 Å². The lowest BCUT2D eigenvalue weighted by Crippen LogP contribution is -2.47. The first-order valence-corrected chi connectivity index (χ1v) is 7.54. The Bertz CT molecular complexity index is 685. The van der Waals surface area contributed by atoms with Gasteiger partial charge in [0, 0.05) is 25.1 Å². The monoisotopic (exact) mass is 314 g/mol. The number of carbonyl (C=O) groups excluding carboxylic acids is 2. The number of nitrogens with one attached hydrogen (secondary N) is 3. The summed E-state index contributed by atoms with van der Waals surface area (Å²) in [4.78, 5) is 28.3. The molecule has 8 heteroatoms. The average Bonchev–Trinajstić information content (AvgIpc) is 3.00. The van der Waals surface area contributed by atoms with Crippen molar-refractivity contribution < 1.29 is 9.59 Å². The molecule has 0 aliphatic carbocycles. The van der Waals surface area contributed by atoms with Gasteiger partial charge in [0.25, 0.3) is 0 Å². The Kier molecular flexibility index (Phi) is 4.51. The second-order valence-electron chi connectivity index (χ2n) is 5.26. The van der Waals surface area contributed by atoms with E-state index in [1.807, 2.05) is 0 Å². The minimum Gasteiger partial charge on any atom is -0.354 e. The largest absolute Gasteiger partial charge is 0.354 e. The van der Waals surface area contributed by atoms with E-state index in [0.29, 0.717) is 24.5 Å². The fraction of sp³-hybridized carbons (Fsp3) is 0.333. The predicted molar refractivity (Wildman–Crippen MR) is 84.2 cm³/mol. The van der Waals surface area contributed by atoms with Crippen molar-refractivity contribution in [1.29, 1.82) is 0 Å². The first-order valence-electron chi connectivity index (χ1n) is 7.54. The molecule has 1 atom stereocenters. The van der Waals surface area contributed by atoms with Gasteiger partial charge < -0.3 is 16.0 Å². The standard InChI is InChI=1S/C15H18N6O2/c22-14-12(5-1-2-7-17-14)20-15(23)19-11-6-3-8-16-13(11)21-10-4-9-18-21/h3-4,6,8-10,12H,1-2,5,7H2,(H,17,22)(H2,19,20,23). The zero-order valence-electron chi connectivity index (χ0n) is 12.5. The molecule has 3 heterocycles. The molecule has 3 N–H and O–H groups in total. The molecule has 1 aliphatic rings. The van der Waals surface area contributed by atoms with Gasteiger partial charge in [-0.1, -0.05) is 0 Å². The molecule has 1 aliphatic heterocycles. The van der Waals surface area contributed by atoms with Crippen LogP contribution in [0.5, 0.6) is 0 Å². The van der Waals surface area contributed by atoms with Crippen LogP contribution in [0.15, 0.2) is 36.8 Å². The lowest BCUT2D eigenvalue weighted by molar-refractivity contribution is -0.122. The fourth-order valence-electron chi connectivity index (χ4n) is 2.46. The minimum absolute atomic E-state index is 0.142. The molecule has 3 rings (SSSR count). The van der Waals surface area contributed by atoms with Crippen LogP contribution in [0.4, 0.5) is 10.5 Å². The highest BCUT2D eigenvalue weighted by Gasteiger charge is 2.22. The van der Waals surface area contributed by atoms with E-state index in [4.69, 9.17) is 0 Å². The molecular weight excluding hydrogens is 296 g/mol. The summed E-state index contributed by atoms with van der Waals surface area (Å²) in [6, 6.07) is 4.28. The summed E-state index contributed by atoms with van der Waals surface area (Å²) in [5, 5.41) is 12.3. The van der Waals surface area contributed by atoms with Crippen LogP contribution in [0, 0.1) is 0 Å². The lowest BCUT2D eigenvalue weighted by atomic mass is 10.1. The van der Waals surface area contributed by atoms with Crippen molar-refractivity contribution >= 4 is 17.6 Å². The van der Waals surface area contributed by atoms with Crippen LogP contribution in [0.25, 0.3) is 5.82 Å². The van der Waals surface area contributed by atoms with E-state index >= 15 is 0 Å². The van der Waals surface area contributed by atoms with Crippen molar-refractivity contribution in [1.82, 2.24) is 25.4 Å². The third-order valence-electron chi connectivity index (χ3n) is 3.60. The molecule has 2 aromatic heterocycles. The number of amides is 3. The van der Waals surface area contributed by atoms with E-state index in [-0.39, 0.29) is 5.91 Å². The third kappa shape index (κ3) is 3.65. The molecule has 0 spiro atoms. The van der Waals surface area contributed by atoms with Gasteiger partial charge in [0.05, 0.1) is 5.69 Å². The van der Waals surface area contributed by atoms with E-state index in [1.54, 1.807) is 41.5 Å². The maximum atomic E-state index is 12.2. The Hall–Kier alpha value is -2.90. The second-order valence-corrected chi connectivity index (χ2v) is 5.26. The van der Waals surface area contributed by atoms with Crippen LogP contribution in [-0.2, 0) is 4.79 Å². The van der Waals surface area contributed by atoms with E-state index in [1.165, 1.54) is 0 Å². The van der Waals surface area contributed by atoms with Gasteiger partial charge in [-0.15, -0.1) is 0 Å². The number of nitrogens with zero attached hydrogens (tertiary/aromatic N) is 3. The molecule has 1 saturated heterocycles. The number of hydrogen-bond acceptors (Lipinski definition) is 4. The summed E-state index contributed by atoms with van der Waals surface area (Å²) in [6.07, 6.45) is 7.46. The Morgan fingerprint density at radius 3 is 3.04 bits per heavy atom. The van der Waals surface area contributed by atoms with Crippen LogP contribution in [-0.4, -0.2) is 39.3 Å². The summed E-state index contributed by atoms with van der Waals surface area (Å²) in [5.74, 6) is 0.370. The molecule has 120 valence electrons. The normalized spacial score (nSPS) is 17.9. The van der Waals surface area contributed by atoms with Crippen LogP contribution in [0.1, 0.15) is 19.3 Å². The first-order chi connectivity index (χ1) is 11.2. The van der Waals surface area contributed by atoms with E-state index in [0.717, 1.165) is 12.8 Å². The Morgan fingerprint density at radius 2 is 2.22 bits per heavy atom. The van der Waals surface area contributed by atoms with Crippen LogP contribution in [0.2, 0.25) is 0 Å². The number of pyridine rings is 1. The number of urea groups is 1. The molecule has 2 aromatic rings. The topological polar surface area (TPSA) is 101 Å². The molecule has 0 saturated carbocycles. The average molecular weight is 314 g/mol. The summed E-state index contributed by atoms with van der Waals surface area (Å²) in [7, 11) is 0. The SMILES string of the molecule is O=C(Nc1cccnc1-n1cccn1)NC1CCCCNC1=O. The summed E-state index contributed by atoms with van der Waals surface area (Å²) >= 11 is 0. The molecule has 0 radical (unpaired) electrons. The van der Waals surface area contributed by atoms with Crippen molar-refractivity contribution in [2.24, 2.45) is 0 Å². The highest BCUT2D eigenvalue weighted by atomic mass is 16.2. The van der Waals surface area contributed by atoms with Gasteiger partial charge in [-0.2, -0.15) is 5.10 Å². The summed E-state index contributed by atoms with van der Waals surface area (Å²) < 4.78 is 1.56. The highest BCUT2D eigenvalue weighted by Crippen LogP contribution is 2.16. The van der Waals surface area contributed by atoms with E-state index < -0.39 is 12.1 Å². The van der Waals surface area contributed by atoms with Gasteiger partial charge in [0.1, 0.15) is 6.04 Å². The van der Waals surface area contributed by atoms with Crippen molar-refractivity contribution in [2.75, 3.05) is 11.9 Å². The summed E-state index contributed by atoms with van der Waals surface area (Å²) in [5.41, 5.74) is 0.516. The number of rotatable bonds is 3. The van der Waals surface area contributed by atoms with Gasteiger partial charge in [-0.05, 0) is 37.5 Å². The van der Waals surface area contributed by atoms with Crippen LogP contribution in [0.3, 0.4) is 0 Å². The van der Waals surface area contributed by atoms with Gasteiger partial charge in [0.2, 0.25) is 5.91 Å². The van der Waals surface area contributed by atoms with E-state index in [9.17, 15) is 9.59 Å². The number of anilines is 1. The van der Waals surface area contributed by atoms with Crippen molar-refractivity contribution in [3.63, 3.8) is 0 Å². The Labute approximate surface area is 133 Å². The molecule has 0 aromatic carbocycles. The molecule has 1 unspecified atom stereocenters. The zero-order chi connectivity index (χ0) is 16.1. The molecular formula is C15H18N6O2. The van der Waals surface area contributed by atoms with Gasteiger partial charge >= 0.3 is 6.03 Å². The lowest BCUT2D eigenvalue weighted by Gasteiger charge is -2.16. The molecule has 0 bridgehead atoms. The molecule has 23 heavy (non-hydrogen) atoms. The van der Waals surface area contributed by atoms with E-state index in [2.05, 4.69) is 26.0 Å². The Morgan fingerprint density at radius 1 is 1.30 bits per heavy atom. The quantitative estimate of drug-likeness (QED) is 0.788. The smallest absolute Gasteiger partial charge is 0.319 e. The minimum atomic E-state index is -0.512.